The molecule has 21 heavy (non-hydrogen) atoms. The summed E-state index contributed by atoms with van der Waals surface area (Å²) in [6, 6.07) is 13.1. The molecule has 0 saturated carbocycles. The number of rotatable bonds is 4. The van der Waals surface area contributed by atoms with Gasteiger partial charge in [0.1, 0.15) is 0 Å². The maximum atomic E-state index is 5.61. The van der Waals surface area contributed by atoms with Crippen LogP contribution in [-0.2, 0) is 0 Å². The lowest BCUT2D eigenvalue weighted by Crippen LogP contribution is -2.19. The molecule has 3 rings (SSSR count). The van der Waals surface area contributed by atoms with E-state index >= 15 is 0 Å². The van der Waals surface area contributed by atoms with E-state index in [1.54, 1.807) is 6.20 Å². The second kappa shape index (κ2) is 6.17. The highest BCUT2D eigenvalue weighted by molar-refractivity contribution is 5.54. The summed E-state index contributed by atoms with van der Waals surface area (Å²) in [5, 5.41) is 3.62. The largest absolute Gasteiger partial charge is 0.476 e. The van der Waals surface area contributed by atoms with Crippen LogP contribution in [-0.4, -0.2) is 11.6 Å². The van der Waals surface area contributed by atoms with Crippen molar-refractivity contribution in [2.45, 2.75) is 38.6 Å². The van der Waals surface area contributed by atoms with E-state index in [4.69, 9.17) is 4.74 Å². The average molecular weight is 282 g/mol. The molecule has 3 heteroatoms. The molecule has 0 fully saturated rings. The van der Waals surface area contributed by atoms with E-state index in [1.165, 1.54) is 17.5 Å². The number of pyridine rings is 1. The number of nitrogens with one attached hydrogen (secondary N) is 1. The minimum Gasteiger partial charge on any atom is -0.476 e. The van der Waals surface area contributed by atoms with E-state index in [0.717, 1.165) is 12.1 Å². The van der Waals surface area contributed by atoms with E-state index in [-0.39, 0.29) is 0 Å². The molecule has 1 aromatic carbocycles. The smallest absolute Gasteiger partial charge is 0.237 e. The van der Waals surface area contributed by atoms with E-state index in [9.17, 15) is 0 Å². The van der Waals surface area contributed by atoms with Crippen molar-refractivity contribution in [2.24, 2.45) is 0 Å². The van der Waals surface area contributed by atoms with Gasteiger partial charge in [-0.15, -0.1) is 0 Å². The van der Waals surface area contributed by atoms with Crippen molar-refractivity contribution in [3.05, 3.63) is 53.7 Å². The number of nitrogens with zero attached hydrogens (tertiary/aromatic N) is 1. The molecule has 1 N–H and O–H groups in total. The summed E-state index contributed by atoms with van der Waals surface area (Å²) in [7, 11) is 0. The predicted octanol–water partition coefficient (Wildman–Crippen LogP) is 4.53. The zero-order valence-corrected chi connectivity index (χ0v) is 12.7. The lowest BCUT2D eigenvalue weighted by Gasteiger charge is -2.31. The number of anilines is 1. The van der Waals surface area contributed by atoms with Gasteiger partial charge >= 0.3 is 0 Å². The van der Waals surface area contributed by atoms with Gasteiger partial charge < -0.3 is 10.1 Å². The molecule has 2 unspecified atom stereocenters. The molecule has 1 aliphatic carbocycles. The molecule has 0 saturated heterocycles. The van der Waals surface area contributed by atoms with Crippen molar-refractivity contribution in [3.63, 3.8) is 0 Å². The fourth-order valence-corrected chi connectivity index (χ4v) is 3.09. The maximum absolute atomic E-state index is 5.61. The SMILES string of the molecule is CCOc1ncccc1NC1CCC(C)c2ccccc21. The minimum absolute atomic E-state index is 0.334. The molecule has 0 bridgehead atoms. The van der Waals surface area contributed by atoms with Crippen molar-refractivity contribution in [2.75, 3.05) is 11.9 Å². The van der Waals surface area contributed by atoms with Crippen LogP contribution in [0.3, 0.4) is 0 Å². The van der Waals surface area contributed by atoms with Crippen molar-refractivity contribution in [1.82, 2.24) is 4.98 Å². The molecule has 110 valence electrons. The van der Waals surface area contributed by atoms with Crippen LogP contribution in [0, 0.1) is 0 Å². The first kappa shape index (κ1) is 13.9. The van der Waals surface area contributed by atoms with Crippen LogP contribution in [0.2, 0.25) is 0 Å². The number of hydrogen-bond donors (Lipinski definition) is 1. The number of hydrogen-bond acceptors (Lipinski definition) is 3. The summed E-state index contributed by atoms with van der Waals surface area (Å²) >= 11 is 0. The van der Waals surface area contributed by atoms with E-state index in [1.807, 2.05) is 19.1 Å². The molecule has 0 amide bonds. The lowest BCUT2D eigenvalue weighted by atomic mass is 9.81. The molecule has 1 aliphatic rings. The van der Waals surface area contributed by atoms with Gasteiger partial charge in [-0.1, -0.05) is 31.2 Å². The van der Waals surface area contributed by atoms with Crippen LogP contribution in [0.5, 0.6) is 5.88 Å². The fraction of sp³-hybridized carbons (Fsp3) is 0.389. The van der Waals surface area contributed by atoms with E-state index < -0.39 is 0 Å². The topological polar surface area (TPSA) is 34.1 Å². The van der Waals surface area contributed by atoms with Gasteiger partial charge in [0, 0.05) is 6.20 Å². The first-order valence-corrected chi connectivity index (χ1v) is 7.72. The molecule has 1 heterocycles. The summed E-state index contributed by atoms with van der Waals surface area (Å²) in [5.74, 6) is 1.33. The zero-order valence-electron chi connectivity index (χ0n) is 12.7. The third-order valence-corrected chi connectivity index (χ3v) is 4.17. The van der Waals surface area contributed by atoms with Crippen LogP contribution >= 0.6 is 0 Å². The monoisotopic (exact) mass is 282 g/mol. The van der Waals surface area contributed by atoms with Gasteiger partial charge in [-0.3, -0.25) is 0 Å². The third kappa shape index (κ3) is 2.87. The van der Waals surface area contributed by atoms with Crippen molar-refractivity contribution < 1.29 is 4.74 Å². The Balaban J connectivity index is 1.88. The van der Waals surface area contributed by atoms with Crippen molar-refractivity contribution in [1.29, 1.82) is 0 Å². The molecule has 0 aliphatic heterocycles. The Morgan fingerprint density at radius 3 is 2.76 bits per heavy atom. The number of benzene rings is 1. The number of fused-ring (bicyclic) bond motifs is 1. The van der Waals surface area contributed by atoms with E-state index in [0.29, 0.717) is 24.4 Å². The Morgan fingerprint density at radius 2 is 1.95 bits per heavy atom. The van der Waals surface area contributed by atoms with Crippen LogP contribution < -0.4 is 10.1 Å². The second-order valence-electron chi connectivity index (χ2n) is 5.59. The molecule has 2 atom stereocenters. The van der Waals surface area contributed by atoms with Gasteiger partial charge in [-0.25, -0.2) is 4.98 Å². The predicted molar refractivity (Wildman–Crippen MR) is 85.9 cm³/mol. The van der Waals surface area contributed by atoms with Crippen LogP contribution in [0.15, 0.2) is 42.6 Å². The van der Waals surface area contributed by atoms with Gasteiger partial charge in [0.05, 0.1) is 18.3 Å². The number of ether oxygens (including phenoxy) is 1. The van der Waals surface area contributed by atoms with Crippen molar-refractivity contribution in [3.8, 4) is 5.88 Å². The molecule has 0 radical (unpaired) electrons. The summed E-state index contributed by atoms with van der Waals surface area (Å²) < 4.78 is 5.61. The van der Waals surface area contributed by atoms with Gasteiger partial charge in [0.15, 0.2) is 0 Å². The first-order chi connectivity index (χ1) is 10.3. The molecule has 3 nitrogen and oxygen atoms in total. The van der Waals surface area contributed by atoms with Crippen LogP contribution in [0.1, 0.15) is 49.8 Å². The lowest BCUT2D eigenvalue weighted by molar-refractivity contribution is 0.328. The Labute approximate surface area is 126 Å². The fourth-order valence-electron chi connectivity index (χ4n) is 3.09. The Bertz CT molecular complexity index is 612. The van der Waals surface area contributed by atoms with E-state index in [2.05, 4.69) is 41.5 Å². The highest BCUT2D eigenvalue weighted by Gasteiger charge is 2.24. The van der Waals surface area contributed by atoms with Crippen molar-refractivity contribution >= 4 is 5.69 Å². The first-order valence-electron chi connectivity index (χ1n) is 7.72. The molecule has 2 aromatic rings. The minimum atomic E-state index is 0.334. The molecular formula is C18H22N2O. The Kier molecular flexibility index (Phi) is 4.09. The Morgan fingerprint density at radius 1 is 1.14 bits per heavy atom. The standard InChI is InChI=1S/C18H22N2O/c1-3-21-18-17(9-6-12-19-18)20-16-11-10-13(2)14-7-4-5-8-15(14)16/h4-9,12-13,16,20H,3,10-11H2,1-2H3. The van der Waals surface area contributed by atoms with Gasteiger partial charge in [0.25, 0.3) is 0 Å². The molecule has 1 aromatic heterocycles. The zero-order chi connectivity index (χ0) is 14.7. The normalized spacial score (nSPS) is 20.7. The molecular weight excluding hydrogens is 260 g/mol. The van der Waals surface area contributed by atoms with Gasteiger partial charge in [-0.2, -0.15) is 0 Å². The van der Waals surface area contributed by atoms with Crippen LogP contribution in [0.25, 0.3) is 0 Å². The Hall–Kier alpha value is -2.03. The highest BCUT2D eigenvalue weighted by Crippen LogP contribution is 2.39. The average Bonchev–Trinajstić information content (AvgIpc) is 2.52. The summed E-state index contributed by atoms with van der Waals surface area (Å²) in [6.45, 7) is 4.92. The van der Waals surface area contributed by atoms with Gasteiger partial charge in [0.2, 0.25) is 5.88 Å². The maximum Gasteiger partial charge on any atom is 0.237 e. The second-order valence-corrected chi connectivity index (χ2v) is 5.59. The van der Waals surface area contributed by atoms with Gasteiger partial charge in [-0.05, 0) is 48.9 Å². The summed E-state index contributed by atoms with van der Waals surface area (Å²) in [5.41, 5.74) is 3.85. The number of aromatic nitrogens is 1. The quantitative estimate of drug-likeness (QED) is 0.894. The molecule has 0 spiro atoms. The highest BCUT2D eigenvalue weighted by atomic mass is 16.5. The van der Waals surface area contributed by atoms with Crippen LogP contribution in [0.4, 0.5) is 5.69 Å². The summed E-state index contributed by atoms with van der Waals surface area (Å²) in [6.07, 6.45) is 4.12. The summed E-state index contributed by atoms with van der Waals surface area (Å²) in [4.78, 5) is 4.32. The third-order valence-electron chi connectivity index (χ3n) is 4.17.